The van der Waals surface area contributed by atoms with Crippen molar-refractivity contribution >= 4 is 94.2 Å². The van der Waals surface area contributed by atoms with Gasteiger partial charge in [-0.2, -0.15) is 0 Å². The summed E-state index contributed by atoms with van der Waals surface area (Å²) in [6.45, 7) is 3.24. The monoisotopic (exact) mass is 1080 g/mol. The van der Waals surface area contributed by atoms with Crippen molar-refractivity contribution in [3.63, 3.8) is 0 Å². The van der Waals surface area contributed by atoms with E-state index in [0.29, 0.717) is 68.8 Å². The molecule has 0 radical (unpaired) electrons. The Labute approximate surface area is 441 Å². The fourth-order valence-corrected chi connectivity index (χ4v) is 8.57. The molecule has 0 saturated heterocycles. The highest BCUT2D eigenvalue weighted by Crippen LogP contribution is 2.33. The molecule has 0 bridgehead atoms. The van der Waals surface area contributed by atoms with Gasteiger partial charge in [0, 0.05) is 86.3 Å². The van der Waals surface area contributed by atoms with Gasteiger partial charge in [-0.05, 0) is 76.7 Å². The summed E-state index contributed by atoms with van der Waals surface area (Å²) in [5.41, 5.74) is 8.57. The second-order valence-corrected chi connectivity index (χ2v) is 20.3. The molecule has 0 amide bonds. The maximum atomic E-state index is 13.2. The Kier molecular flexibility index (Phi) is 19.8. The summed E-state index contributed by atoms with van der Waals surface area (Å²) in [4.78, 5) is 30.2. The summed E-state index contributed by atoms with van der Waals surface area (Å²) < 4.78 is 78.6. The second-order valence-electron chi connectivity index (χ2n) is 16.5. The third-order valence-electron chi connectivity index (χ3n) is 10.3. The van der Waals surface area contributed by atoms with Crippen LogP contribution in [0.3, 0.4) is 0 Å². The van der Waals surface area contributed by atoms with Gasteiger partial charge in [0.2, 0.25) is 0 Å². The molecule has 22 nitrogen and oxygen atoms in total. The molecule has 0 atom stereocenters. The Hall–Kier alpha value is -7.87. The Bertz CT molecular complexity index is 3350. The smallest absolute Gasteiger partial charge is 0.264 e. The molecule has 7 N–H and O–H groups in total. The number of aromatic nitrogens is 6. The van der Waals surface area contributed by atoms with Crippen LogP contribution in [0.5, 0.6) is 23.0 Å². The van der Waals surface area contributed by atoms with E-state index in [4.69, 9.17) is 36.3 Å². The molecule has 0 saturated carbocycles. The minimum absolute atomic E-state index is 0.00498. The second kappa shape index (κ2) is 26.4. The number of pyridine rings is 2. The van der Waals surface area contributed by atoms with Gasteiger partial charge in [0.15, 0.2) is 23.3 Å². The van der Waals surface area contributed by atoms with Gasteiger partial charge < -0.3 is 50.4 Å². The molecule has 4 aromatic heterocycles. The van der Waals surface area contributed by atoms with Gasteiger partial charge in [-0.3, -0.25) is 9.44 Å². The molecular formula is C50H59ClN14O8S2. The van der Waals surface area contributed by atoms with E-state index in [2.05, 4.69) is 60.2 Å². The van der Waals surface area contributed by atoms with E-state index in [1.165, 1.54) is 44.8 Å². The number of anilines is 7. The fraction of sp³-hybridized carbons (Fsp3) is 0.240. The molecule has 4 heterocycles. The molecule has 0 unspecified atom stereocenters. The quantitative estimate of drug-likeness (QED) is 0.0408. The molecule has 25 heteroatoms. The van der Waals surface area contributed by atoms with Crippen molar-refractivity contribution in [2.45, 2.75) is 9.79 Å². The number of rotatable bonds is 20. The average molecular weight is 1080 g/mol. The van der Waals surface area contributed by atoms with Crippen LogP contribution < -0.4 is 50.1 Å². The number of methoxy groups -OCH3 is 4. The van der Waals surface area contributed by atoms with Crippen LogP contribution in [0.15, 0.2) is 131 Å². The minimum atomic E-state index is -4.01. The van der Waals surface area contributed by atoms with Crippen LogP contribution in [0.25, 0.3) is 22.1 Å². The number of nitrogens with two attached hydrogens (primary N) is 1. The van der Waals surface area contributed by atoms with E-state index in [-0.39, 0.29) is 38.2 Å². The Balaban J connectivity index is 0.000000222. The van der Waals surface area contributed by atoms with Crippen molar-refractivity contribution < 1.29 is 35.8 Å². The summed E-state index contributed by atoms with van der Waals surface area (Å²) >= 11 is 5.77. The van der Waals surface area contributed by atoms with Crippen LogP contribution >= 0.6 is 11.6 Å². The van der Waals surface area contributed by atoms with Crippen LogP contribution in [0.4, 0.5) is 40.5 Å². The van der Waals surface area contributed by atoms with Crippen LogP contribution in [0.1, 0.15) is 0 Å². The molecule has 4 aromatic carbocycles. The first-order valence-corrected chi connectivity index (χ1v) is 26.2. The SMILES string of the molecule is CN(C)CCN.COc1cc(Nc2nc3ccccc3nc2NS(=O)(=O)c2ccc(Cl)nc2)cc(OC)c1.COc1cc(Nc2nc3ccccc3nc2NS(=O)(=O)c2ccc(NCCN(C)C)nc2)cc(OC)c1. The lowest BCUT2D eigenvalue weighted by Crippen LogP contribution is -2.21. The highest BCUT2D eigenvalue weighted by molar-refractivity contribution is 7.93. The Morgan fingerprint density at radius 2 is 0.907 bits per heavy atom. The van der Waals surface area contributed by atoms with Crippen LogP contribution in [0, 0.1) is 0 Å². The van der Waals surface area contributed by atoms with Gasteiger partial charge in [0.05, 0.1) is 50.5 Å². The normalized spacial score (nSPS) is 11.2. The van der Waals surface area contributed by atoms with Gasteiger partial charge >= 0.3 is 0 Å². The molecule has 0 aliphatic carbocycles. The number of sulfonamides is 2. The van der Waals surface area contributed by atoms with Gasteiger partial charge in [0.1, 0.15) is 43.8 Å². The molecule has 0 aliphatic rings. The Morgan fingerprint density at radius 3 is 1.23 bits per heavy atom. The molecule has 8 aromatic rings. The first-order valence-electron chi connectivity index (χ1n) is 22.8. The molecular weight excluding hydrogens is 1020 g/mol. The van der Waals surface area contributed by atoms with Crippen molar-refractivity contribution in [3.05, 3.63) is 127 Å². The lowest BCUT2D eigenvalue weighted by Gasteiger charge is -2.15. The lowest BCUT2D eigenvalue weighted by atomic mass is 10.2. The summed E-state index contributed by atoms with van der Waals surface area (Å²) in [5.74, 6) is 3.27. The van der Waals surface area contributed by atoms with Crippen molar-refractivity contribution in [1.82, 2.24) is 39.7 Å². The van der Waals surface area contributed by atoms with E-state index in [0.717, 1.165) is 19.6 Å². The van der Waals surface area contributed by atoms with Crippen molar-refractivity contribution in [1.29, 1.82) is 0 Å². The van der Waals surface area contributed by atoms with Gasteiger partial charge in [-0.15, -0.1) is 0 Å². The summed E-state index contributed by atoms with van der Waals surface area (Å²) in [6, 6.07) is 30.5. The van der Waals surface area contributed by atoms with E-state index >= 15 is 0 Å². The fourth-order valence-electron chi connectivity index (χ4n) is 6.55. The third-order valence-corrected chi connectivity index (χ3v) is 13.2. The molecule has 0 fully saturated rings. The van der Waals surface area contributed by atoms with Crippen LogP contribution in [-0.2, 0) is 20.0 Å². The predicted molar refractivity (Wildman–Crippen MR) is 294 cm³/mol. The highest BCUT2D eigenvalue weighted by Gasteiger charge is 2.22. The number of hydrogen-bond acceptors (Lipinski definition) is 20. The van der Waals surface area contributed by atoms with Gasteiger partial charge in [-0.25, -0.2) is 46.7 Å². The molecule has 0 aliphatic heterocycles. The van der Waals surface area contributed by atoms with E-state index in [9.17, 15) is 16.8 Å². The van der Waals surface area contributed by atoms with E-state index < -0.39 is 20.0 Å². The third kappa shape index (κ3) is 16.3. The molecule has 0 spiro atoms. The van der Waals surface area contributed by atoms with Gasteiger partial charge in [0.25, 0.3) is 20.0 Å². The zero-order valence-corrected chi connectivity index (χ0v) is 44.9. The highest BCUT2D eigenvalue weighted by atomic mass is 35.5. The number of nitrogens with one attached hydrogen (secondary N) is 5. The minimum Gasteiger partial charge on any atom is -0.497 e. The number of likely N-dealkylation sites (N-methyl/N-ethyl adjacent to an activating group) is 2. The summed E-state index contributed by atoms with van der Waals surface area (Å²) in [5, 5.41) is 9.58. The first kappa shape index (κ1) is 56.4. The van der Waals surface area contributed by atoms with E-state index in [1.54, 1.807) is 93.1 Å². The largest absolute Gasteiger partial charge is 0.497 e. The number of halogens is 1. The zero-order valence-electron chi connectivity index (χ0n) is 42.5. The van der Waals surface area contributed by atoms with E-state index in [1.807, 2.05) is 45.2 Å². The van der Waals surface area contributed by atoms with Gasteiger partial charge in [-0.1, -0.05) is 35.9 Å². The first-order chi connectivity index (χ1) is 35.9. The van der Waals surface area contributed by atoms with Crippen molar-refractivity contribution in [2.75, 3.05) is 108 Å². The zero-order chi connectivity index (χ0) is 54.1. The number of nitrogens with zero attached hydrogens (tertiary/aromatic N) is 8. The molecule has 75 heavy (non-hydrogen) atoms. The number of ether oxygens (including phenoxy) is 4. The number of benzene rings is 4. The van der Waals surface area contributed by atoms with Crippen LogP contribution in [0.2, 0.25) is 5.15 Å². The predicted octanol–water partition coefficient (Wildman–Crippen LogP) is 7.31. The standard InChI is InChI=1S/C25H29N7O4S.C21H18ClN5O4S.C4H12N2/c1-32(2)12-11-26-23-10-9-20(16-27-23)37(33,34)31-25-24(29-21-7-5-6-8-22(21)30-25)28-17-13-18(35-3)15-19(14-17)36-4;1-30-14-9-13(10-15(11-14)31-2)24-20-21(26-18-6-4-3-5-17(18)25-20)27-32(28,29)16-7-8-19(22)23-12-16;1-6(2)4-3-5/h5-10,13-16H,11-12H2,1-4H3,(H,26,27)(H,28,29)(H,30,31);3-12H,1-2H3,(H,24,25)(H,26,27);3-5H2,1-2H3. The summed E-state index contributed by atoms with van der Waals surface area (Å²) in [7, 11) is 6.11. The number of para-hydroxylation sites is 4. The topological polar surface area (TPSA) is 275 Å². The maximum absolute atomic E-state index is 13.2. The average Bonchev–Trinajstić information content (AvgIpc) is 3.39. The van der Waals surface area contributed by atoms with Crippen molar-refractivity contribution in [2.24, 2.45) is 5.73 Å². The Morgan fingerprint density at radius 1 is 0.520 bits per heavy atom. The number of fused-ring (bicyclic) bond motifs is 2. The lowest BCUT2D eigenvalue weighted by molar-refractivity contribution is 0.394. The van der Waals surface area contributed by atoms with Crippen molar-refractivity contribution in [3.8, 4) is 23.0 Å². The maximum Gasteiger partial charge on any atom is 0.264 e. The number of hydrogen-bond donors (Lipinski definition) is 6. The summed E-state index contributed by atoms with van der Waals surface area (Å²) in [6.07, 6.45) is 2.47. The van der Waals surface area contributed by atoms with Crippen LogP contribution in [-0.4, -0.2) is 139 Å². The molecule has 396 valence electrons. The molecule has 8 rings (SSSR count).